The molecule has 0 atom stereocenters. The van der Waals surface area contributed by atoms with Gasteiger partial charge in [-0.25, -0.2) is 4.98 Å². The Morgan fingerprint density at radius 1 is 1.32 bits per heavy atom. The van der Waals surface area contributed by atoms with Gasteiger partial charge < -0.3 is 4.90 Å². The molecule has 1 N–H and O–H groups in total. The van der Waals surface area contributed by atoms with E-state index in [1.54, 1.807) is 18.0 Å². The molecule has 1 aliphatic heterocycles. The first-order valence-corrected chi connectivity index (χ1v) is 9.26. The van der Waals surface area contributed by atoms with Gasteiger partial charge in [0, 0.05) is 30.1 Å². The van der Waals surface area contributed by atoms with Crippen LogP contribution in [-0.2, 0) is 17.6 Å². The highest BCUT2D eigenvalue weighted by Crippen LogP contribution is 2.28. The van der Waals surface area contributed by atoms with Crippen LogP contribution >= 0.6 is 11.3 Å². The van der Waals surface area contributed by atoms with Crippen molar-refractivity contribution in [1.29, 1.82) is 0 Å². The van der Waals surface area contributed by atoms with Crippen LogP contribution < -0.4 is 10.2 Å². The second-order valence-corrected chi connectivity index (χ2v) is 8.49. The highest BCUT2D eigenvalue weighted by molar-refractivity contribution is 7.14. The summed E-state index contributed by atoms with van der Waals surface area (Å²) in [5.74, 6) is -0.0575. The average Bonchev–Trinajstić information content (AvgIpc) is 2.95. The number of thiazole rings is 1. The third-order valence-corrected chi connectivity index (χ3v) is 4.98. The maximum absolute atomic E-state index is 12.5. The molecule has 2 aromatic rings. The average molecular weight is 357 g/mol. The zero-order valence-electron chi connectivity index (χ0n) is 15.0. The van der Waals surface area contributed by atoms with Gasteiger partial charge in [0.05, 0.1) is 5.69 Å². The Morgan fingerprint density at radius 3 is 2.80 bits per heavy atom. The van der Waals surface area contributed by atoms with Gasteiger partial charge in [0.25, 0.3) is 5.91 Å². The summed E-state index contributed by atoms with van der Waals surface area (Å²) in [5, 5.41) is 5.49. The topological polar surface area (TPSA) is 62.3 Å². The van der Waals surface area contributed by atoms with Crippen molar-refractivity contribution in [2.45, 2.75) is 40.0 Å². The van der Waals surface area contributed by atoms with Gasteiger partial charge in [0.2, 0.25) is 5.91 Å². The van der Waals surface area contributed by atoms with Crippen LogP contribution in [0.2, 0.25) is 0 Å². The van der Waals surface area contributed by atoms with Crippen LogP contribution in [-0.4, -0.2) is 23.8 Å². The summed E-state index contributed by atoms with van der Waals surface area (Å²) in [4.78, 5) is 30.4. The summed E-state index contributed by atoms with van der Waals surface area (Å²) in [6.07, 6.45) is 2.03. The van der Waals surface area contributed by atoms with Gasteiger partial charge in [-0.2, -0.15) is 0 Å². The van der Waals surface area contributed by atoms with Crippen molar-refractivity contribution in [2.24, 2.45) is 5.41 Å². The lowest BCUT2D eigenvalue weighted by Gasteiger charge is -2.25. The zero-order valence-corrected chi connectivity index (χ0v) is 15.9. The lowest BCUT2D eigenvalue weighted by atomic mass is 9.91. The molecule has 2 heterocycles. The van der Waals surface area contributed by atoms with Crippen molar-refractivity contribution in [3.8, 4) is 0 Å². The Hall–Kier alpha value is -2.21. The minimum absolute atomic E-state index is 0.110. The number of nitrogens with one attached hydrogen (secondary N) is 1. The molecule has 2 amide bonds. The molecule has 1 aromatic heterocycles. The van der Waals surface area contributed by atoms with Gasteiger partial charge in [-0.15, -0.1) is 11.3 Å². The van der Waals surface area contributed by atoms with E-state index in [9.17, 15) is 9.59 Å². The van der Waals surface area contributed by atoms with Gasteiger partial charge in [-0.1, -0.05) is 20.8 Å². The largest absolute Gasteiger partial charge is 0.315 e. The molecule has 0 aliphatic carbocycles. The third-order valence-electron chi connectivity index (χ3n) is 4.17. The first kappa shape index (κ1) is 17.6. The number of aryl methyl sites for hydroxylation is 1. The molecule has 0 radical (unpaired) electrons. The van der Waals surface area contributed by atoms with Crippen LogP contribution in [0.5, 0.6) is 0 Å². The van der Waals surface area contributed by atoms with Gasteiger partial charge in [-0.05, 0) is 42.0 Å². The van der Waals surface area contributed by atoms with Gasteiger partial charge >= 0.3 is 0 Å². The molecule has 0 saturated heterocycles. The van der Waals surface area contributed by atoms with Crippen LogP contribution in [0.25, 0.3) is 0 Å². The summed E-state index contributed by atoms with van der Waals surface area (Å²) < 4.78 is 0. The van der Waals surface area contributed by atoms with Crippen molar-refractivity contribution >= 4 is 34.0 Å². The standard InChI is InChI=1S/C19H23N3O2S/c1-19(2,3)10-14-11-25-18(20-14)21-17(24)13-5-7-15-12(9-13)6-8-16(23)22(15)4/h5,7,9,11H,6,8,10H2,1-4H3,(H,20,21,24). The summed E-state index contributed by atoms with van der Waals surface area (Å²) in [7, 11) is 1.77. The molecule has 5 nitrogen and oxygen atoms in total. The van der Waals surface area contributed by atoms with E-state index in [1.807, 2.05) is 17.5 Å². The van der Waals surface area contributed by atoms with E-state index in [4.69, 9.17) is 0 Å². The Bertz CT molecular complexity index is 820. The number of fused-ring (bicyclic) bond motifs is 1. The zero-order chi connectivity index (χ0) is 18.2. The summed E-state index contributed by atoms with van der Waals surface area (Å²) in [6.45, 7) is 6.50. The van der Waals surface area contributed by atoms with Crippen molar-refractivity contribution in [1.82, 2.24) is 4.98 Å². The minimum Gasteiger partial charge on any atom is -0.315 e. The molecule has 25 heavy (non-hydrogen) atoms. The number of carbonyl (C=O) groups excluding carboxylic acids is 2. The number of benzene rings is 1. The van der Waals surface area contributed by atoms with E-state index in [0.717, 1.165) is 23.4 Å². The van der Waals surface area contributed by atoms with Crippen LogP contribution in [0.4, 0.5) is 10.8 Å². The smallest absolute Gasteiger partial charge is 0.257 e. The summed E-state index contributed by atoms with van der Waals surface area (Å²) >= 11 is 1.45. The third kappa shape index (κ3) is 4.07. The molecule has 0 unspecified atom stereocenters. The molecule has 0 bridgehead atoms. The van der Waals surface area contributed by atoms with Crippen LogP contribution in [0.1, 0.15) is 48.8 Å². The van der Waals surface area contributed by atoms with E-state index in [2.05, 4.69) is 31.1 Å². The molecular formula is C19H23N3O2S. The van der Waals surface area contributed by atoms with Crippen LogP contribution in [0.15, 0.2) is 23.6 Å². The van der Waals surface area contributed by atoms with Gasteiger partial charge in [0.1, 0.15) is 0 Å². The highest BCUT2D eigenvalue weighted by Gasteiger charge is 2.22. The van der Waals surface area contributed by atoms with Crippen molar-refractivity contribution in [3.05, 3.63) is 40.4 Å². The molecule has 0 saturated carbocycles. The second kappa shape index (κ2) is 6.59. The Kier molecular flexibility index (Phi) is 4.64. The molecule has 1 aliphatic rings. The minimum atomic E-state index is -0.168. The fourth-order valence-corrected chi connectivity index (χ4v) is 3.66. The number of carbonyl (C=O) groups is 2. The van der Waals surface area contributed by atoms with Crippen LogP contribution in [0, 0.1) is 5.41 Å². The van der Waals surface area contributed by atoms with Crippen molar-refractivity contribution in [3.63, 3.8) is 0 Å². The Balaban J connectivity index is 1.73. The number of hydrogen-bond acceptors (Lipinski definition) is 4. The molecule has 132 valence electrons. The van der Waals surface area contributed by atoms with E-state index in [1.165, 1.54) is 11.3 Å². The second-order valence-electron chi connectivity index (χ2n) is 7.63. The molecule has 0 spiro atoms. The van der Waals surface area contributed by atoms with Crippen molar-refractivity contribution < 1.29 is 9.59 Å². The normalized spacial score (nSPS) is 14.4. The quantitative estimate of drug-likeness (QED) is 0.906. The lowest BCUT2D eigenvalue weighted by molar-refractivity contribution is -0.118. The summed E-state index contributed by atoms with van der Waals surface area (Å²) in [6, 6.07) is 5.47. The summed E-state index contributed by atoms with van der Waals surface area (Å²) in [5.41, 5.74) is 3.67. The van der Waals surface area contributed by atoms with E-state index < -0.39 is 0 Å². The number of aromatic nitrogens is 1. The van der Waals surface area contributed by atoms with Gasteiger partial charge in [-0.3, -0.25) is 14.9 Å². The maximum Gasteiger partial charge on any atom is 0.257 e. The molecule has 3 rings (SSSR count). The Labute approximate surface area is 152 Å². The predicted octanol–water partition coefficient (Wildman–Crippen LogP) is 3.89. The monoisotopic (exact) mass is 357 g/mol. The molecule has 1 aromatic carbocycles. The molecular weight excluding hydrogens is 334 g/mol. The fraction of sp³-hybridized carbons (Fsp3) is 0.421. The van der Waals surface area contributed by atoms with E-state index >= 15 is 0 Å². The Morgan fingerprint density at radius 2 is 2.08 bits per heavy atom. The number of amides is 2. The number of rotatable bonds is 3. The molecule has 6 heteroatoms. The number of nitrogens with zero attached hydrogens (tertiary/aromatic N) is 2. The first-order chi connectivity index (χ1) is 11.7. The number of anilines is 2. The van der Waals surface area contributed by atoms with Crippen molar-refractivity contribution in [2.75, 3.05) is 17.3 Å². The number of hydrogen-bond donors (Lipinski definition) is 1. The van der Waals surface area contributed by atoms with E-state index in [0.29, 0.717) is 23.5 Å². The lowest BCUT2D eigenvalue weighted by Crippen LogP contribution is -2.31. The highest BCUT2D eigenvalue weighted by atomic mass is 32.1. The SMILES string of the molecule is CN1C(=O)CCc2cc(C(=O)Nc3nc(CC(C)(C)C)cs3)ccc21. The predicted molar refractivity (Wildman–Crippen MR) is 101 cm³/mol. The fourth-order valence-electron chi connectivity index (χ4n) is 2.96. The van der Waals surface area contributed by atoms with E-state index in [-0.39, 0.29) is 17.2 Å². The van der Waals surface area contributed by atoms with Gasteiger partial charge in [0.15, 0.2) is 5.13 Å². The first-order valence-electron chi connectivity index (χ1n) is 8.38. The van der Waals surface area contributed by atoms with Crippen LogP contribution in [0.3, 0.4) is 0 Å². The maximum atomic E-state index is 12.5. The molecule has 0 fully saturated rings.